The highest BCUT2D eigenvalue weighted by atomic mass is 16.3. The normalized spacial score (nSPS) is 17.2. The quantitative estimate of drug-likeness (QED) is 0.905. The first-order valence-electron chi connectivity index (χ1n) is 7.56. The van der Waals surface area contributed by atoms with E-state index in [4.69, 9.17) is 10.2 Å². The molecule has 1 aromatic carbocycles. The van der Waals surface area contributed by atoms with Gasteiger partial charge in [-0.05, 0) is 31.0 Å². The average Bonchev–Trinajstić information content (AvgIpc) is 3.04. The zero-order chi connectivity index (χ0) is 14.9. The van der Waals surface area contributed by atoms with Crippen LogP contribution in [0.3, 0.4) is 0 Å². The number of benzene rings is 1. The first-order chi connectivity index (χ1) is 10.1. The summed E-state index contributed by atoms with van der Waals surface area (Å²) in [6.07, 6.45) is 5.24. The Morgan fingerprint density at radius 3 is 2.90 bits per heavy atom. The maximum atomic E-state index is 12.1. The van der Waals surface area contributed by atoms with Gasteiger partial charge < -0.3 is 15.5 Å². The molecule has 0 saturated heterocycles. The van der Waals surface area contributed by atoms with Crippen molar-refractivity contribution >= 4 is 22.7 Å². The van der Waals surface area contributed by atoms with Gasteiger partial charge in [0.1, 0.15) is 5.52 Å². The molecule has 2 aromatic rings. The Labute approximate surface area is 123 Å². The highest BCUT2D eigenvalue weighted by Crippen LogP contribution is 2.30. The predicted octanol–water partition coefficient (Wildman–Crippen LogP) is 2.99. The van der Waals surface area contributed by atoms with E-state index in [0.717, 1.165) is 48.9 Å². The Morgan fingerprint density at radius 2 is 2.19 bits per heavy atom. The number of hydrogen-bond acceptors (Lipinski definition) is 4. The van der Waals surface area contributed by atoms with E-state index in [0.29, 0.717) is 12.3 Å². The summed E-state index contributed by atoms with van der Waals surface area (Å²) in [4.78, 5) is 16.5. The average molecular weight is 287 g/mol. The summed E-state index contributed by atoms with van der Waals surface area (Å²) in [5.41, 5.74) is 8.17. The molecule has 0 radical (unpaired) electrons. The highest BCUT2D eigenvalue weighted by Gasteiger charge is 2.31. The SMILES string of the molecule is CCc1nc2cc(NC(=O)CC3(N)CCCC3)ccc2o1. The first-order valence-corrected chi connectivity index (χ1v) is 7.56. The molecule has 1 heterocycles. The summed E-state index contributed by atoms with van der Waals surface area (Å²) in [5, 5.41) is 2.91. The number of carbonyl (C=O) groups excluding carboxylic acids is 1. The van der Waals surface area contributed by atoms with Crippen LogP contribution in [-0.4, -0.2) is 16.4 Å². The monoisotopic (exact) mass is 287 g/mol. The van der Waals surface area contributed by atoms with Gasteiger partial charge in [0.15, 0.2) is 11.5 Å². The van der Waals surface area contributed by atoms with Crippen LogP contribution in [0, 0.1) is 0 Å². The zero-order valence-electron chi connectivity index (χ0n) is 12.3. The third-order valence-corrected chi connectivity index (χ3v) is 4.13. The predicted molar refractivity (Wildman–Crippen MR) is 82.0 cm³/mol. The molecule has 0 spiro atoms. The third kappa shape index (κ3) is 3.08. The molecular weight excluding hydrogens is 266 g/mol. The summed E-state index contributed by atoms with van der Waals surface area (Å²) in [5.74, 6) is 0.679. The second-order valence-electron chi connectivity index (χ2n) is 5.94. The number of oxazole rings is 1. The van der Waals surface area contributed by atoms with Gasteiger partial charge in [-0.25, -0.2) is 4.98 Å². The number of fused-ring (bicyclic) bond motifs is 1. The summed E-state index contributed by atoms with van der Waals surface area (Å²) >= 11 is 0. The first kappa shape index (κ1) is 14.1. The van der Waals surface area contributed by atoms with Crippen molar-refractivity contribution < 1.29 is 9.21 Å². The lowest BCUT2D eigenvalue weighted by atomic mass is 9.94. The molecule has 1 saturated carbocycles. The molecule has 1 aliphatic rings. The molecular formula is C16H21N3O2. The minimum absolute atomic E-state index is 0.0297. The van der Waals surface area contributed by atoms with E-state index in [2.05, 4.69) is 10.3 Å². The Hall–Kier alpha value is -1.88. The van der Waals surface area contributed by atoms with Gasteiger partial charge in [-0.2, -0.15) is 0 Å². The number of nitrogens with two attached hydrogens (primary N) is 1. The number of anilines is 1. The number of nitrogens with one attached hydrogen (secondary N) is 1. The van der Waals surface area contributed by atoms with E-state index in [-0.39, 0.29) is 11.4 Å². The van der Waals surface area contributed by atoms with Crippen LogP contribution < -0.4 is 11.1 Å². The highest BCUT2D eigenvalue weighted by molar-refractivity contribution is 5.93. The van der Waals surface area contributed by atoms with Crippen molar-refractivity contribution in [1.29, 1.82) is 0 Å². The summed E-state index contributed by atoms with van der Waals surface area (Å²) in [7, 11) is 0. The maximum Gasteiger partial charge on any atom is 0.226 e. The molecule has 3 N–H and O–H groups in total. The fourth-order valence-corrected chi connectivity index (χ4v) is 2.98. The van der Waals surface area contributed by atoms with Gasteiger partial charge in [0.05, 0.1) is 0 Å². The van der Waals surface area contributed by atoms with E-state index in [1.165, 1.54) is 0 Å². The molecule has 1 fully saturated rings. The van der Waals surface area contributed by atoms with Gasteiger partial charge in [0, 0.05) is 24.1 Å². The minimum Gasteiger partial charge on any atom is -0.441 e. The van der Waals surface area contributed by atoms with Crippen LogP contribution in [-0.2, 0) is 11.2 Å². The lowest BCUT2D eigenvalue weighted by Gasteiger charge is -2.22. The number of amides is 1. The molecule has 21 heavy (non-hydrogen) atoms. The fourth-order valence-electron chi connectivity index (χ4n) is 2.98. The van der Waals surface area contributed by atoms with Crippen LogP contribution in [0.5, 0.6) is 0 Å². The maximum absolute atomic E-state index is 12.1. The molecule has 1 amide bonds. The number of nitrogens with zero attached hydrogens (tertiary/aromatic N) is 1. The molecule has 1 aromatic heterocycles. The number of rotatable bonds is 4. The van der Waals surface area contributed by atoms with Gasteiger partial charge in [0.2, 0.25) is 5.91 Å². The number of carbonyl (C=O) groups is 1. The standard InChI is InChI=1S/C16H21N3O2/c1-2-15-19-12-9-11(5-6-13(12)21-15)18-14(20)10-16(17)7-3-4-8-16/h5-6,9H,2-4,7-8,10,17H2,1H3,(H,18,20). The largest absolute Gasteiger partial charge is 0.441 e. The molecule has 0 bridgehead atoms. The van der Waals surface area contributed by atoms with Crippen LogP contribution in [0.1, 0.15) is 44.9 Å². The van der Waals surface area contributed by atoms with Crippen molar-refractivity contribution in [2.75, 3.05) is 5.32 Å². The summed E-state index contributed by atoms with van der Waals surface area (Å²) in [6.45, 7) is 2.00. The molecule has 112 valence electrons. The van der Waals surface area contributed by atoms with Crippen molar-refractivity contribution in [2.45, 2.75) is 51.0 Å². The summed E-state index contributed by atoms with van der Waals surface area (Å²) in [6, 6.07) is 5.52. The Balaban J connectivity index is 1.70. The van der Waals surface area contributed by atoms with Crippen molar-refractivity contribution in [3.05, 3.63) is 24.1 Å². The van der Waals surface area contributed by atoms with Crippen LogP contribution >= 0.6 is 0 Å². The molecule has 0 aliphatic heterocycles. The van der Waals surface area contributed by atoms with Crippen molar-refractivity contribution in [3.63, 3.8) is 0 Å². The lowest BCUT2D eigenvalue weighted by Crippen LogP contribution is -2.40. The van der Waals surface area contributed by atoms with Crippen molar-refractivity contribution in [2.24, 2.45) is 5.73 Å². The second-order valence-corrected chi connectivity index (χ2v) is 5.94. The van der Waals surface area contributed by atoms with E-state index in [9.17, 15) is 4.79 Å². The Bertz CT molecular complexity index is 657. The Kier molecular flexibility index (Phi) is 3.68. The smallest absolute Gasteiger partial charge is 0.226 e. The topological polar surface area (TPSA) is 81.2 Å². The fraction of sp³-hybridized carbons (Fsp3) is 0.500. The van der Waals surface area contributed by atoms with Crippen molar-refractivity contribution in [3.8, 4) is 0 Å². The van der Waals surface area contributed by atoms with Crippen LogP contribution in [0.4, 0.5) is 5.69 Å². The van der Waals surface area contributed by atoms with Gasteiger partial charge in [0.25, 0.3) is 0 Å². The van der Waals surface area contributed by atoms with Gasteiger partial charge >= 0.3 is 0 Å². The second kappa shape index (κ2) is 5.48. The summed E-state index contributed by atoms with van der Waals surface area (Å²) < 4.78 is 5.56. The third-order valence-electron chi connectivity index (χ3n) is 4.13. The van der Waals surface area contributed by atoms with Crippen molar-refractivity contribution in [1.82, 2.24) is 4.98 Å². The van der Waals surface area contributed by atoms with Crippen LogP contribution in [0.2, 0.25) is 0 Å². The molecule has 5 heteroatoms. The minimum atomic E-state index is -0.322. The molecule has 1 aliphatic carbocycles. The molecule has 3 rings (SSSR count). The van der Waals surface area contributed by atoms with E-state index in [1.807, 2.05) is 25.1 Å². The molecule has 5 nitrogen and oxygen atoms in total. The van der Waals surface area contributed by atoms with Crippen LogP contribution in [0.25, 0.3) is 11.1 Å². The van der Waals surface area contributed by atoms with Gasteiger partial charge in [-0.3, -0.25) is 4.79 Å². The number of aryl methyl sites for hydroxylation is 1. The number of hydrogen-bond donors (Lipinski definition) is 2. The molecule has 0 unspecified atom stereocenters. The van der Waals surface area contributed by atoms with Crippen LogP contribution in [0.15, 0.2) is 22.6 Å². The van der Waals surface area contributed by atoms with E-state index >= 15 is 0 Å². The van der Waals surface area contributed by atoms with Gasteiger partial charge in [-0.15, -0.1) is 0 Å². The lowest BCUT2D eigenvalue weighted by molar-refractivity contribution is -0.117. The zero-order valence-corrected chi connectivity index (χ0v) is 12.3. The van der Waals surface area contributed by atoms with Gasteiger partial charge in [-0.1, -0.05) is 19.8 Å². The number of aromatic nitrogens is 1. The van der Waals surface area contributed by atoms with E-state index in [1.54, 1.807) is 0 Å². The molecule has 0 atom stereocenters. The van der Waals surface area contributed by atoms with E-state index < -0.39 is 0 Å². The Morgan fingerprint density at radius 1 is 1.43 bits per heavy atom.